The second kappa shape index (κ2) is 5.62. The number of piperazine rings is 1. The van der Waals surface area contributed by atoms with Gasteiger partial charge in [0.25, 0.3) is 0 Å². The van der Waals surface area contributed by atoms with Gasteiger partial charge in [0.2, 0.25) is 5.91 Å². The summed E-state index contributed by atoms with van der Waals surface area (Å²) in [6.45, 7) is 8.08. The molecular formula is C17H23ClN2O. The van der Waals surface area contributed by atoms with E-state index in [2.05, 4.69) is 18.7 Å². The SMILES string of the molecule is CC(C)N1CCN(C(=O)C2(c3cccc(Cl)c3)CC2)CC1. The molecule has 1 aliphatic carbocycles. The van der Waals surface area contributed by atoms with E-state index in [9.17, 15) is 4.79 Å². The van der Waals surface area contributed by atoms with Gasteiger partial charge in [-0.05, 0) is 44.4 Å². The van der Waals surface area contributed by atoms with Crippen LogP contribution in [-0.2, 0) is 10.2 Å². The van der Waals surface area contributed by atoms with Gasteiger partial charge >= 0.3 is 0 Å². The Bertz CT molecular complexity index is 531. The number of halogens is 1. The van der Waals surface area contributed by atoms with Gasteiger partial charge in [-0.1, -0.05) is 23.7 Å². The Labute approximate surface area is 131 Å². The summed E-state index contributed by atoms with van der Waals surface area (Å²) in [7, 11) is 0. The van der Waals surface area contributed by atoms with Crippen molar-refractivity contribution < 1.29 is 4.79 Å². The third-order valence-corrected chi connectivity index (χ3v) is 5.10. The molecule has 114 valence electrons. The van der Waals surface area contributed by atoms with E-state index in [1.54, 1.807) is 0 Å². The second-order valence-electron chi connectivity index (χ2n) is 6.51. The van der Waals surface area contributed by atoms with E-state index >= 15 is 0 Å². The van der Waals surface area contributed by atoms with Gasteiger partial charge in [-0.15, -0.1) is 0 Å². The Hall–Kier alpha value is -1.06. The van der Waals surface area contributed by atoms with E-state index in [1.165, 1.54) is 0 Å². The third kappa shape index (κ3) is 2.82. The molecule has 2 fully saturated rings. The Morgan fingerprint density at radius 2 is 1.86 bits per heavy atom. The van der Waals surface area contributed by atoms with Gasteiger partial charge in [0, 0.05) is 37.2 Å². The van der Waals surface area contributed by atoms with Crippen molar-refractivity contribution >= 4 is 17.5 Å². The largest absolute Gasteiger partial charge is 0.339 e. The number of benzene rings is 1. The molecule has 1 aromatic rings. The molecule has 0 unspecified atom stereocenters. The highest BCUT2D eigenvalue weighted by molar-refractivity contribution is 6.30. The molecule has 1 heterocycles. The zero-order chi connectivity index (χ0) is 15.0. The molecule has 4 heteroatoms. The summed E-state index contributed by atoms with van der Waals surface area (Å²) in [5.74, 6) is 0.299. The molecule has 0 bridgehead atoms. The van der Waals surface area contributed by atoms with Crippen molar-refractivity contribution in [3.05, 3.63) is 34.9 Å². The maximum Gasteiger partial charge on any atom is 0.233 e. The minimum absolute atomic E-state index is 0.287. The van der Waals surface area contributed by atoms with E-state index in [0.29, 0.717) is 11.9 Å². The van der Waals surface area contributed by atoms with Gasteiger partial charge in [0.15, 0.2) is 0 Å². The highest BCUT2D eigenvalue weighted by Crippen LogP contribution is 2.50. The highest BCUT2D eigenvalue weighted by atomic mass is 35.5. The number of carbonyl (C=O) groups excluding carboxylic acids is 1. The first-order valence-electron chi connectivity index (χ1n) is 7.82. The summed E-state index contributed by atoms with van der Waals surface area (Å²) in [4.78, 5) is 17.4. The average Bonchev–Trinajstić information content (AvgIpc) is 3.28. The van der Waals surface area contributed by atoms with E-state index in [4.69, 9.17) is 11.6 Å². The van der Waals surface area contributed by atoms with Crippen LogP contribution in [0.15, 0.2) is 24.3 Å². The molecule has 1 aliphatic heterocycles. The van der Waals surface area contributed by atoms with Crippen LogP contribution in [0.25, 0.3) is 0 Å². The molecule has 0 spiro atoms. The molecule has 21 heavy (non-hydrogen) atoms. The first-order chi connectivity index (χ1) is 10.0. The fraction of sp³-hybridized carbons (Fsp3) is 0.588. The number of amides is 1. The Balaban J connectivity index is 1.71. The molecular weight excluding hydrogens is 284 g/mol. The quantitative estimate of drug-likeness (QED) is 0.857. The lowest BCUT2D eigenvalue weighted by Gasteiger charge is -2.38. The van der Waals surface area contributed by atoms with Crippen molar-refractivity contribution in [1.82, 2.24) is 9.80 Å². The van der Waals surface area contributed by atoms with Crippen LogP contribution in [0.4, 0.5) is 0 Å². The minimum atomic E-state index is -0.287. The van der Waals surface area contributed by atoms with Crippen LogP contribution >= 0.6 is 11.6 Å². The van der Waals surface area contributed by atoms with Crippen LogP contribution in [0.2, 0.25) is 5.02 Å². The van der Waals surface area contributed by atoms with Crippen LogP contribution in [0.5, 0.6) is 0 Å². The normalized spacial score (nSPS) is 21.6. The van der Waals surface area contributed by atoms with E-state index in [-0.39, 0.29) is 5.41 Å². The van der Waals surface area contributed by atoms with Crippen LogP contribution in [0.3, 0.4) is 0 Å². The van der Waals surface area contributed by atoms with Crippen LogP contribution in [-0.4, -0.2) is 47.9 Å². The molecule has 0 aromatic heterocycles. The Morgan fingerprint density at radius 1 is 1.19 bits per heavy atom. The summed E-state index contributed by atoms with van der Waals surface area (Å²) in [6.07, 6.45) is 1.91. The van der Waals surface area contributed by atoms with Gasteiger partial charge in [0.05, 0.1) is 5.41 Å². The van der Waals surface area contributed by atoms with Crippen molar-refractivity contribution in [3.8, 4) is 0 Å². The average molecular weight is 307 g/mol. The zero-order valence-electron chi connectivity index (χ0n) is 12.8. The summed E-state index contributed by atoms with van der Waals surface area (Å²) in [5.41, 5.74) is 0.802. The van der Waals surface area contributed by atoms with Gasteiger partial charge in [-0.2, -0.15) is 0 Å². The van der Waals surface area contributed by atoms with E-state index in [1.807, 2.05) is 29.2 Å². The van der Waals surface area contributed by atoms with Crippen LogP contribution in [0.1, 0.15) is 32.3 Å². The lowest BCUT2D eigenvalue weighted by atomic mass is 9.94. The summed E-state index contributed by atoms with van der Waals surface area (Å²) in [6, 6.07) is 8.37. The summed E-state index contributed by atoms with van der Waals surface area (Å²) >= 11 is 6.09. The Morgan fingerprint density at radius 3 is 2.38 bits per heavy atom. The maximum atomic E-state index is 12.9. The summed E-state index contributed by atoms with van der Waals surface area (Å²) < 4.78 is 0. The number of rotatable bonds is 3. The number of nitrogens with zero attached hydrogens (tertiary/aromatic N) is 2. The molecule has 1 saturated heterocycles. The second-order valence-corrected chi connectivity index (χ2v) is 6.95. The molecule has 3 rings (SSSR count). The third-order valence-electron chi connectivity index (χ3n) is 4.87. The first-order valence-corrected chi connectivity index (χ1v) is 8.20. The lowest BCUT2D eigenvalue weighted by Crippen LogP contribution is -2.53. The van der Waals surface area contributed by atoms with E-state index < -0.39 is 0 Å². The van der Waals surface area contributed by atoms with Crippen molar-refractivity contribution in [2.24, 2.45) is 0 Å². The van der Waals surface area contributed by atoms with E-state index in [0.717, 1.165) is 49.6 Å². The van der Waals surface area contributed by atoms with Crippen molar-refractivity contribution in [2.75, 3.05) is 26.2 Å². The number of hydrogen-bond donors (Lipinski definition) is 0. The molecule has 0 atom stereocenters. The fourth-order valence-corrected chi connectivity index (χ4v) is 3.47. The Kier molecular flexibility index (Phi) is 3.98. The number of hydrogen-bond acceptors (Lipinski definition) is 2. The van der Waals surface area contributed by atoms with Crippen molar-refractivity contribution in [3.63, 3.8) is 0 Å². The maximum absolute atomic E-state index is 12.9. The molecule has 1 saturated carbocycles. The summed E-state index contributed by atoms with van der Waals surface area (Å²) in [5, 5.41) is 0.719. The molecule has 3 nitrogen and oxygen atoms in total. The van der Waals surface area contributed by atoms with Gasteiger partial charge in [-0.3, -0.25) is 9.69 Å². The highest BCUT2D eigenvalue weighted by Gasteiger charge is 2.53. The topological polar surface area (TPSA) is 23.6 Å². The smallest absolute Gasteiger partial charge is 0.233 e. The lowest BCUT2D eigenvalue weighted by molar-refractivity contribution is -0.136. The monoisotopic (exact) mass is 306 g/mol. The van der Waals surface area contributed by atoms with Gasteiger partial charge in [0.1, 0.15) is 0 Å². The standard InChI is InChI=1S/C17H23ClN2O/c1-13(2)19-8-10-20(11-9-19)16(21)17(6-7-17)14-4-3-5-15(18)12-14/h3-5,12-13H,6-11H2,1-2H3. The zero-order valence-corrected chi connectivity index (χ0v) is 13.6. The predicted octanol–water partition coefficient (Wildman–Crippen LogP) is 2.92. The first kappa shape index (κ1) is 14.9. The molecule has 0 N–H and O–H groups in total. The number of carbonyl (C=O) groups is 1. The molecule has 1 aromatic carbocycles. The molecule has 2 aliphatic rings. The van der Waals surface area contributed by atoms with Gasteiger partial charge in [-0.25, -0.2) is 0 Å². The van der Waals surface area contributed by atoms with Gasteiger partial charge < -0.3 is 4.90 Å². The van der Waals surface area contributed by atoms with Crippen molar-refractivity contribution in [1.29, 1.82) is 0 Å². The predicted molar refractivity (Wildman–Crippen MR) is 85.7 cm³/mol. The van der Waals surface area contributed by atoms with Crippen molar-refractivity contribution in [2.45, 2.75) is 38.1 Å². The molecule has 1 amide bonds. The fourth-order valence-electron chi connectivity index (χ4n) is 3.28. The van der Waals surface area contributed by atoms with Crippen LogP contribution < -0.4 is 0 Å². The van der Waals surface area contributed by atoms with Crippen LogP contribution in [0, 0.1) is 0 Å². The molecule has 0 radical (unpaired) electrons. The minimum Gasteiger partial charge on any atom is -0.339 e.